The molecule has 1 aliphatic rings. The predicted molar refractivity (Wildman–Crippen MR) is 79.8 cm³/mol. The van der Waals surface area contributed by atoms with Crippen molar-refractivity contribution in [2.24, 2.45) is 0 Å². The fourth-order valence-corrected chi connectivity index (χ4v) is 2.46. The fraction of sp³-hybridized carbons (Fsp3) is 0.467. The van der Waals surface area contributed by atoms with E-state index >= 15 is 0 Å². The molecule has 2 rings (SSSR count). The lowest BCUT2D eigenvalue weighted by Crippen LogP contribution is -2.52. The Balaban J connectivity index is 1.94. The van der Waals surface area contributed by atoms with Gasteiger partial charge in [0.15, 0.2) is 6.61 Å². The number of nitrogens with two attached hydrogens (primary N) is 1. The Morgan fingerprint density at radius 3 is 2.71 bits per heavy atom. The van der Waals surface area contributed by atoms with Crippen molar-refractivity contribution < 1.29 is 14.3 Å². The Labute approximate surface area is 124 Å². The molecular weight excluding hydrogens is 270 g/mol. The number of benzene rings is 1. The van der Waals surface area contributed by atoms with Gasteiger partial charge in [0.1, 0.15) is 11.8 Å². The third-order valence-electron chi connectivity index (χ3n) is 3.61. The van der Waals surface area contributed by atoms with Gasteiger partial charge >= 0.3 is 0 Å². The Morgan fingerprint density at radius 2 is 2.05 bits per heavy atom. The number of amides is 2. The van der Waals surface area contributed by atoms with E-state index in [0.717, 1.165) is 12.8 Å². The number of nitrogens with zero attached hydrogens (tertiary/aromatic N) is 1. The van der Waals surface area contributed by atoms with Crippen molar-refractivity contribution in [1.29, 1.82) is 0 Å². The molecule has 2 amide bonds. The maximum atomic E-state index is 12.3. The zero-order valence-electron chi connectivity index (χ0n) is 12.2. The molecule has 21 heavy (non-hydrogen) atoms. The van der Waals surface area contributed by atoms with E-state index in [1.54, 1.807) is 36.2 Å². The van der Waals surface area contributed by atoms with E-state index in [0.29, 0.717) is 24.4 Å². The molecule has 0 saturated carbocycles. The van der Waals surface area contributed by atoms with Crippen LogP contribution >= 0.6 is 0 Å². The SMILES string of the molecule is CNC(=O)C1CCCCN1C(=O)COc1ccc(N)cc1. The van der Waals surface area contributed by atoms with Crippen LogP contribution in [0.25, 0.3) is 0 Å². The van der Waals surface area contributed by atoms with E-state index in [9.17, 15) is 9.59 Å². The first-order valence-corrected chi connectivity index (χ1v) is 7.11. The molecule has 3 N–H and O–H groups in total. The zero-order chi connectivity index (χ0) is 15.2. The lowest BCUT2D eigenvalue weighted by Gasteiger charge is -2.34. The molecule has 0 aliphatic carbocycles. The smallest absolute Gasteiger partial charge is 0.261 e. The van der Waals surface area contributed by atoms with Gasteiger partial charge in [-0.15, -0.1) is 0 Å². The van der Waals surface area contributed by atoms with Gasteiger partial charge in [-0.2, -0.15) is 0 Å². The van der Waals surface area contributed by atoms with Crippen LogP contribution in [0.3, 0.4) is 0 Å². The number of rotatable bonds is 4. The first-order valence-electron chi connectivity index (χ1n) is 7.11. The second-order valence-corrected chi connectivity index (χ2v) is 5.07. The first-order chi connectivity index (χ1) is 10.1. The molecule has 1 atom stereocenters. The van der Waals surface area contributed by atoms with Gasteiger partial charge in [0.05, 0.1) is 0 Å². The van der Waals surface area contributed by atoms with Crippen LogP contribution in [0.1, 0.15) is 19.3 Å². The Bertz CT molecular complexity index is 501. The highest BCUT2D eigenvalue weighted by molar-refractivity contribution is 5.88. The lowest BCUT2D eigenvalue weighted by atomic mass is 10.0. The fourth-order valence-electron chi connectivity index (χ4n) is 2.46. The number of hydrogen-bond acceptors (Lipinski definition) is 4. The second kappa shape index (κ2) is 6.97. The van der Waals surface area contributed by atoms with Crippen LogP contribution in [-0.2, 0) is 9.59 Å². The Kier molecular flexibility index (Phi) is 5.03. The normalized spacial score (nSPS) is 18.1. The quantitative estimate of drug-likeness (QED) is 0.803. The molecule has 1 aliphatic heterocycles. The van der Waals surface area contributed by atoms with Gasteiger partial charge in [0.2, 0.25) is 5.91 Å². The van der Waals surface area contributed by atoms with Crippen LogP contribution in [0, 0.1) is 0 Å². The molecule has 1 unspecified atom stereocenters. The summed E-state index contributed by atoms with van der Waals surface area (Å²) in [7, 11) is 1.59. The first kappa shape index (κ1) is 15.2. The monoisotopic (exact) mass is 291 g/mol. The number of nitrogens with one attached hydrogen (secondary N) is 1. The highest BCUT2D eigenvalue weighted by Crippen LogP contribution is 2.18. The van der Waals surface area contributed by atoms with Gasteiger partial charge in [0.25, 0.3) is 5.91 Å². The molecule has 0 bridgehead atoms. The molecule has 0 radical (unpaired) electrons. The number of piperidine rings is 1. The van der Waals surface area contributed by atoms with Crippen molar-refractivity contribution >= 4 is 17.5 Å². The van der Waals surface area contributed by atoms with E-state index in [1.165, 1.54) is 0 Å². The minimum Gasteiger partial charge on any atom is -0.484 e. The average Bonchev–Trinajstić information content (AvgIpc) is 2.53. The average molecular weight is 291 g/mol. The minimum absolute atomic E-state index is 0.0720. The molecular formula is C15H21N3O3. The number of carbonyl (C=O) groups is 2. The number of anilines is 1. The highest BCUT2D eigenvalue weighted by Gasteiger charge is 2.31. The molecule has 1 saturated heterocycles. The summed E-state index contributed by atoms with van der Waals surface area (Å²) in [5, 5.41) is 2.61. The van der Waals surface area contributed by atoms with Gasteiger partial charge < -0.3 is 20.7 Å². The largest absolute Gasteiger partial charge is 0.484 e. The number of hydrogen-bond donors (Lipinski definition) is 2. The van der Waals surface area contributed by atoms with E-state index in [2.05, 4.69) is 5.32 Å². The zero-order valence-corrected chi connectivity index (χ0v) is 12.2. The van der Waals surface area contributed by atoms with Crippen LogP contribution in [0.2, 0.25) is 0 Å². The number of ether oxygens (including phenoxy) is 1. The maximum absolute atomic E-state index is 12.3. The molecule has 1 heterocycles. The minimum atomic E-state index is -0.383. The third kappa shape index (κ3) is 3.87. The Morgan fingerprint density at radius 1 is 1.33 bits per heavy atom. The summed E-state index contributed by atoms with van der Waals surface area (Å²) in [5.41, 5.74) is 6.23. The van der Waals surface area contributed by atoms with E-state index in [1.807, 2.05) is 0 Å². The lowest BCUT2D eigenvalue weighted by molar-refractivity contribution is -0.143. The van der Waals surface area contributed by atoms with E-state index in [4.69, 9.17) is 10.5 Å². The second-order valence-electron chi connectivity index (χ2n) is 5.07. The molecule has 1 fully saturated rings. The van der Waals surface area contributed by atoms with Gasteiger partial charge in [-0.1, -0.05) is 0 Å². The van der Waals surface area contributed by atoms with Crippen LogP contribution < -0.4 is 15.8 Å². The molecule has 6 heteroatoms. The van der Waals surface area contributed by atoms with Crippen LogP contribution in [0.4, 0.5) is 5.69 Å². The van der Waals surface area contributed by atoms with Crippen LogP contribution in [0.5, 0.6) is 5.75 Å². The van der Waals surface area contributed by atoms with Crippen molar-refractivity contribution in [2.75, 3.05) is 25.9 Å². The topological polar surface area (TPSA) is 84.7 Å². The summed E-state index contributed by atoms with van der Waals surface area (Å²) >= 11 is 0. The van der Waals surface area contributed by atoms with Crippen molar-refractivity contribution in [3.05, 3.63) is 24.3 Å². The molecule has 0 aromatic heterocycles. The predicted octanol–water partition coefficient (Wildman–Crippen LogP) is 0.775. The highest BCUT2D eigenvalue weighted by atomic mass is 16.5. The van der Waals surface area contributed by atoms with Crippen molar-refractivity contribution in [3.63, 3.8) is 0 Å². The number of likely N-dealkylation sites (tertiary alicyclic amines) is 1. The molecule has 114 valence electrons. The molecule has 6 nitrogen and oxygen atoms in total. The van der Waals surface area contributed by atoms with Crippen LogP contribution in [0.15, 0.2) is 24.3 Å². The number of likely N-dealkylation sites (N-methyl/N-ethyl adjacent to an activating group) is 1. The molecule has 1 aromatic rings. The van der Waals surface area contributed by atoms with Crippen molar-refractivity contribution in [3.8, 4) is 5.75 Å². The van der Waals surface area contributed by atoms with E-state index < -0.39 is 0 Å². The summed E-state index contributed by atoms with van der Waals surface area (Å²) in [6, 6.07) is 6.48. The summed E-state index contributed by atoms with van der Waals surface area (Å²) in [5.74, 6) is 0.307. The van der Waals surface area contributed by atoms with Crippen LogP contribution in [-0.4, -0.2) is 43.0 Å². The van der Waals surface area contributed by atoms with Crippen molar-refractivity contribution in [2.45, 2.75) is 25.3 Å². The number of nitrogen functional groups attached to an aromatic ring is 1. The number of carbonyl (C=O) groups excluding carboxylic acids is 2. The maximum Gasteiger partial charge on any atom is 0.261 e. The van der Waals surface area contributed by atoms with Gasteiger partial charge in [-0.05, 0) is 43.5 Å². The standard InChI is InChI=1S/C15H21N3O3/c1-17-15(20)13-4-2-3-9-18(13)14(19)10-21-12-7-5-11(16)6-8-12/h5-8,13H,2-4,9-10,16H2,1H3,(H,17,20). The van der Waals surface area contributed by atoms with Gasteiger partial charge in [-0.3, -0.25) is 9.59 Å². The summed E-state index contributed by atoms with van der Waals surface area (Å²) in [6.07, 6.45) is 2.58. The Hall–Kier alpha value is -2.24. The van der Waals surface area contributed by atoms with E-state index in [-0.39, 0.29) is 24.5 Å². The molecule has 0 spiro atoms. The summed E-state index contributed by atoms with van der Waals surface area (Å²) in [6.45, 7) is 0.527. The molecule has 1 aromatic carbocycles. The van der Waals surface area contributed by atoms with Gasteiger partial charge in [-0.25, -0.2) is 0 Å². The van der Waals surface area contributed by atoms with Crippen molar-refractivity contribution in [1.82, 2.24) is 10.2 Å². The third-order valence-corrected chi connectivity index (χ3v) is 3.61. The summed E-state index contributed by atoms with van der Waals surface area (Å²) < 4.78 is 5.46. The summed E-state index contributed by atoms with van der Waals surface area (Å²) in [4.78, 5) is 25.7. The van der Waals surface area contributed by atoms with Gasteiger partial charge in [0, 0.05) is 19.3 Å².